The van der Waals surface area contributed by atoms with Gasteiger partial charge in [0.15, 0.2) is 0 Å². The molecule has 0 fully saturated rings. The fourth-order valence-corrected chi connectivity index (χ4v) is 1.54. The number of nitrogens with one attached hydrogen (secondary N) is 2. The molecule has 2 unspecified atom stereocenters. The van der Waals surface area contributed by atoms with E-state index in [4.69, 9.17) is 0 Å². The van der Waals surface area contributed by atoms with Crippen molar-refractivity contribution in [3.63, 3.8) is 0 Å². The molecule has 0 aliphatic heterocycles. The van der Waals surface area contributed by atoms with E-state index in [1.807, 2.05) is 0 Å². The second-order valence-electron chi connectivity index (χ2n) is 3.83. The lowest BCUT2D eigenvalue weighted by molar-refractivity contribution is -0.145. The fourth-order valence-electron chi connectivity index (χ4n) is 1.54. The Morgan fingerprint density at radius 1 is 1.06 bits per heavy atom. The normalized spacial score (nSPS) is 13.7. The quantitative estimate of drug-likeness (QED) is 0.581. The van der Waals surface area contributed by atoms with Crippen molar-refractivity contribution in [2.45, 2.75) is 25.9 Å². The van der Waals surface area contributed by atoms with E-state index in [1.54, 1.807) is 13.8 Å². The molecule has 0 aliphatic rings. The van der Waals surface area contributed by atoms with E-state index in [0.717, 1.165) is 0 Å². The summed E-state index contributed by atoms with van der Waals surface area (Å²) in [6.45, 7) is 3.13. The lowest BCUT2D eigenvalue weighted by atomic mass is 10.1. The highest BCUT2D eigenvalue weighted by atomic mass is 16.5. The maximum atomic E-state index is 11.6. The van der Waals surface area contributed by atoms with E-state index < -0.39 is 18.1 Å². The summed E-state index contributed by atoms with van der Waals surface area (Å²) in [6, 6.07) is -1.22. The van der Waals surface area contributed by atoms with Crippen LogP contribution in [0.1, 0.15) is 13.8 Å². The maximum Gasteiger partial charge on any atom is 0.319 e. The SMILES string of the molecule is CNC(=O)C(C)N(CC(=O)OC)C(C)C(=O)NC. The van der Waals surface area contributed by atoms with Crippen molar-refractivity contribution in [2.24, 2.45) is 0 Å². The highest BCUT2D eigenvalue weighted by molar-refractivity contribution is 5.85. The molecule has 104 valence electrons. The summed E-state index contributed by atoms with van der Waals surface area (Å²) in [7, 11) is 4.26. The van der Waals surface area contributed by atoms with Gasteiger partial charge in [-0.25, -0.2) is 0 Å². The zero-order chi connectivity index (χ0) is 14.3. The van der Waals surface area contributed by atoms with Gasteiger partial charge in [-0.1, -0.05) is 0 Å². The third-order valence-electron chi connectivity index (χ3n) is 2.79. The first-order valence-corrected chi connectivity index (χ1v) is 5.64. The standard InChI is InChI=1S/C11H21N3O4/c1-7(10(16)12-3)14(6-9(15)18-5)8(2)11(17)13-4/h7-8H,6H2,1-5H3,(H,12,16)(H,13,17). The Balaban J connectivity index is 4.97. The number of rotatable bonds is 6. The summed E-state index contributed by atoms with van der Waals surface area (Å²) in [5, 5.41) is 4.97. The number of methoxy groups -OCH3 is 1. The van der Waals surface area contributed by atoms with E-state index in [9.17, 15) is 14.4 Å². The predicted molar refractivity (Wildman–Crippen MR) is 65.8 cm³/mol. The summed E-state index contributed by atoms with van der Waals surface area (Å²) in [5.74, 6) is -1.04. The van der Waals surface area contributed by atoms with E-state index in [2.05, 4.69) is 15.4 Å². The minimum atomic E-state index is -0.610. The van der Waals surface area contributed by atoms with Crippen LogP contribution < -0.4 is 10.6 Å². The molecule has 2 N–H and O–H groups in total. The second kappa shape index (κ2) is 7.65. The molecule has 18 heavy (non-hydrogen) atoms. The summed E-state index contributed by atoms with van der Waals surface area (Å²) in [4.78, 5) is 36.0. The lowest BCUT2D eigenvalue weighted by Crippen LogP contribution is -2.54. The monoisotopic (exact) mass is 259 g/mol. The van der Waals surface area contributed by atoms with Crippen LogP contribution in [0.3, 0.4) is 0 Å². The summed E-state index contributed by atoms with van der Waals surface area (Å²) >= 11 is 0. The second-order valence-corrected chi connectivity index (χ2v) is 3.83. The third kappa shape index (κ3) is 4.33. The molecule has 0 radical (unpaired) electrons. The van der Waals surface area contributed by atoms with Crippen LogP contribution in [0.5, 0.6) is 0 Å². The van der Waals surface area contributed by atoms with E-state index in [0.29, 0.717) is 0 Å². The Bertz CT molecular complexity index is 297. The van der Waals surface area contributed by atoms with Gasteiger partial charge >= 0.3 is 5.97 Å². The molecule has 0 aromatic rings. The van der Waals surface area contributed by atoms with E-state index in [-0.39, 0.29) is 18.4 Å². The molecular weight excluding hydrogens is 238 g/mol. The number of likely N-dealkylation sites (N-methyl/N-ethyl adjacent to an activating group) is 2. The Morgan fingerprint density at radius 3 is 1.72 bits per heavy atom. The van der Waals surface area contributed by atoms with Crippen molar-refractivity contribution in [2.75, 3.05) is 27.7 Å². The highest BCUT2D eigenvalue weighted by Gasteiger charge is 2.30. The van der Waals surface area contributed by atoms with E-state index in [1.165, 1.54) is 26.1 Å². The predicted octanol–water partition coefficient (Wildman–Crippen LogP) is -1.27. The van der Waals surface area contributed by atoms with Gasteiger partial charge in [-0.2, -0.15) is 0 Å². The molecule has 0 aromatic carbocycles. The minimum Gasteiger partial charge on any atom is -0.468 e. The maximum absolute atomic E-state index is 11.6. The summed E-state index contributed by atoms with van der Waals surface area (Å²) in [5.41, 5.74) is 0. The number of hydrogen-bond donors (Lipinski definition) is 2. The number of carbonyl (C=O) groups is 3. The number of carbonyl (C=O) groups excluding carboxylic acids is 3. The topological polar surface area (TPSA) is 87.7 Å². The Morgan fingerprint density at radius 2 is 1.44 bits per heavy atom. The lowest BCUT2D eigenvalue weighted by Gasteiger charge is -2.31. The van der Waals surface area contributed by atoms with Crippen LogP contribution in [0.25, 0.3) is 0 Å². The van der Waals surface area contributed by atoms with Crippen LogP contribution in [-0.2, 0) is 19.1 Å². The summed E-state index contributed by atoms with van der Waals surface area (Å²) in [6.07, 6.45) is 0. The smallest absolute Gasteiger partial charge is 0.319 e. The molecule has 7 nitrogen and oxygen atoms in total. The minimum absolute atomic E-state index is 0.125. The number of nitrogens with zero attached hydrogens (tertiary/aromatic N) is 1. The molecule has 0 saturated heterocycles. The van der Waals surface area contributed by atoms with Crippen LogP contribution >= 0.6 is 0 Å². The zero-order valence-electron chi connectivity index (χ0n) is 11.4. The van der Waals surface area contributed by atoms with Crippen LogP contribution in [0.2, 0.25) is 0 Å². The molecular formula is C11H21N3O4. The highest BCUT2D eigenvalue weighted by Crippen LogP contribution is 2.07. The van der Waals surface area contributed by atoms with E-state index >= 15 is 0 Å². The van der Waals surface area contributed by atoms with Gasteiger partial charge in [-0.3, -0.25) is 19.3 Å². The first-order chi connectivity index (χ1) is 8.38. The average molecular weight is 259 g/mol. The molecule has 0 spiro atoms. The van der Waals surface area contributed by atoms with Crippen molar-refractivity contribution in [3.05, 3.63) is 0 Å². The number of hydrogen-bond acceptors (Lipinski definition) is 5. The van der Waals surface area contributed by atoms with Gasteiger partial charge in [-0.05, 0) is 13.8 Å². The van der Waals surface area contributed by atoms with Gasteiger partial charge in [0, 0.05) is 14.1 Å². The fraction of sp³-hybridized carbons (Fsp3) is 0.727. The van der Waals surface area contributed by atoms with Gasteiger partial charge < -0.3 is 15.4 Å². The first-order valence-electron chi connectivity index (χ1n) is 5.64. The molecule has 0 aliphatic carbocycles. The van der Waals surface area contributed by atoms with Crippen molar-refractivity contribution in [1.29, 1.82) is 0 Å². The number of amides is 2. The van der Waals surface area contributed by atoms with Gasteiger partial charge in [0.05, 0.1) is 25.7 Å². The van der Waals surface area contributed by atoms with Crippen molar-refractivity contribution < 1.29 is 19.1 Å². The van der Waals surface area contributed by atoms with Crippen LogP contribution in [0.15, 0.2) is 0 Å². The number of ether oxygens (including phenoxy) is 1. The van der Waals surface area contributed by atoms with Crippen molar-refractivity contribution >= 4 is 17.8 Å². The van der Waals surface area contributed by atoms with Crippen molar-refractivity contribution in [3.8, 4) is 0 Å². The van der Waals surface area contributed by atoms with Gasteiger partial charge in [0.1, 0.15) is 0 Å². The van der Waals surface area contributed by atoms with Crippen LogP contribution in [0, 0.1) is 0 Å². The molecule has 0 rings (SSSR count). The Labute approximate surface area is 107 Å². The largest absolute Gasteiger partial charge is 0.468 e. The Kier molecular flexibility index (Phi) is 6.96. The molecule has 0 saturated carbocycles. The van der Waals surface area contributed by atoms with Gasteiger partial charge in [0.2, 0.25) is 11.8 Å². The molecule has 0 heterocycles. The molecule has 0 aromatic heterocycles. The average Bonchev–Trinajstić information content (AvgIpc) is 2.40. The molecule has 7 heteroatoms. The van der Waals surface area contributed by atoms with Crippen molar-refractivity contribution in [1.82, 2.24) is 15.5 Å². The summed E-state index contributed by atoms with van der Waals surface area (Å²) < 4.78 is 4.56. The third-order valence-corrected chi connectivity index (χ3v) is 2.79. The van der Waals surface area contributed by atoms with Gasteiger partial charge in [-0.15, -0.1) is 0 Å². The van der Waals surface area contributed by atoms with Crippen LogP contribution in [-0.4, -0.2) is 62.5 Å². The van der Waals surface area contributed by atoms with Gasteiger partial charge in [0.25, 0.3) is 0 Å². The Hall–Kier alpha value is -1.63. The zero-order valence-corrected chi connectivity index (χ0v) is 11.4. The first kappa shape index (κ1) is 16.4. The molecule has 2 atom stereocenters. The molecule has 0 bridgehead atoms. The molecule has 2 amide bonds. The number of esters is 1. The van der Waals surface area contributed by atoms with Crippen LogP contribution in [0.4, 0.5) is 0 Å².